The van der Waals surface area contributed by atoms with Crippen LogP contribution < -0.4 is 0 Å². The van der Waals surface area contributed by atoms with Crippen LogP contribution in [0, 0.1) is 0 Å². The number of para-hydroxylation sites is 1. The number of nitrogens with zero attached hydrogens (tertiary/aromatic N) is 3. The van der Waals surface area contributed by atoms with Crippen LogP contribution in [0.4, 0.5) is 0 Å². The molecule has 0 unspecified atom stereocenters. The summed E-state index contributed by atoms with van der Waals surface area (Å²) in [5.74, 6) is 0.404. The minimum Gasteiger partial charge on any atom is -0.251 e. The third-order valence-corrected chi connectivity index (χ3v) is 3.94. The zero-order chi connectivity index (χ0) is 14.8. The maximum absolute atomic E-state index is 6.00. The lowest BCUT2D eigenvalue weighted by atomic mass is 10.1. The van der Waals surface area contributed by atoms with E-state index in [4.69, 9.17) is 16.7 Å². The average Bonchev–Trinajstić information content (AvgIpc) is 2.97. The summed E-state index contributed by atoms with van der Waals surface area (Å²) in [6, 6.07) is 12.4. The van der Waals surface area contributed by atoms with Crippen LogP contribution in [0.1, 0.15) is 30.9 Å². The molecule has 0 N–H and O–H groups in total. The SMILES string of the molecule is CCc1cc(CC)n(-c2cc(CCl)nc3ccccc23)n1. The van der Waals surface area contributed by atoms with Crippen molar-refractivity contribution in [2.75, 3.05) is 0 Å². The normalized spacial score (nSPS) is 11.2. The number of fused-ring (bicyclic) bond motifs is 1. The Morgan fingerprint density at radius 1 is 1.05 bits per heavy atom. The Bertz CT molecular complexity index is 777. The van der Waals surface area contributed by atoms with Crippen molar-refractivity contribution in [3.8, 4) is 5.69 Å². The first-order valence-corrected chi connectivity index (χ1v) is 7.83. The molecule has 0 bridgehead atoms. The Morgan fingerprint density at radius 3 is 2.57 bits per heavy atom. The number of aromatic nitrogens is 3. The van der Waals surface area contributed by atoms with Crippen molar-refractivity contribution in [3.05, 3.63) is 53.5 Å². The first-order valence-electron chi connectivity index (χ1n) is 7.29. The van der Waals surface area contributed by atoms with Crippen molar-refractivity contribution in [1.29, 1.82) is 0 Å². The highest BCUT2D eigenvalue weighted by atomic mass is 35.5. The number of pyridine rings is 1. The van der Waals surface area contributed by atoms with Crippen molar-refractivity contribution in [1.82, 2.24) is 14.8 Å². The van der Waals surface area contributed by atoms with Gasteiger partial charge in [-0.1, -0.05) is 32.0 Å². The molecule has 0 saturated carbocycles. The quantitative estimate of drug-likeness (QED) is 0.673. The lowest BCUT2D eigenvalue weighted by molar-refractivity contribution is 0.797. The number of benzene rings is 1. The van der Waals surface area contributed by atoms with Gasteiger partial charge in [-0.05, 0) is 31.0 Å². The molecule has 21 heavy (non-hydrogen) atoms. The lowest BCUT2D eigenvalue weighted by Gasteiger charge is -2.11. The first kappa shape index (κ1) is 14.1. The second-order valence-corrected chi connectivity index (χ2v) is 5.30. The van der Waals surface area contributed by atoms with E-state index in [1.54, 1.807) is 0 Å². The molecule has 3 aromatic rings. The molecule has 3 nitrogen and oxygen atoms in total. The Balaban J connectivity index is 2.30. The van der Waals surface area contributed by atoms with Crippen molar-refractivity contribution in [2.45, 2.75) is 32.6 Å². The van der Waals surface area contributed by atoms with Gasteiger partial charge in [0.25, 0.3) is 0 Å². The minimum atomic E-state index is 0.404. The largest absolute Gasteiger partial charge is 0.251 e. The molecule has 0 aliphatic heterocycles. The van der Waals surface area contributed by atoms with Crippen LogP contribution >= 0.6 is 11.6 Å². The van der Waals surface area contributed by atoms with Gasteiger partial charge in [-0.25, -0.2) is 4.68 Å². The van der Waals surface area contributed by atoms with E-state index in [2.05, 4.69) is 31.0 Å². The molecular formula is C17H18ClN3. The lowest BCUT2D eigenvalue weighted by Crippen LogP contribution is -2.04. The van der Waals surface area contributed by atoms with E-state index >= 15 is 0 Å². The maximum Gasteiger partial charge on any atom is 0.0761 e. The Hall–Kier alpha value is -1.87. The summed E-state index contributed by atoms with van der Waals surface area (Å²) in [5, 5.41) is 5.84. The van der Waals surface area contributed by atoms with E-state index in [0.717, 1.165) is 40.8 Å². The van der Waals surface area contributed by atoms with Gasteiger partial charge in [-0.3, -0.25) is 4.98 Å². The molecule has 4 heteroatoms. The maximum atomic E-state index is 6.00. The van der Waals surface area contributed by atoms with E-state index in [1.165, 1.54) is 5.69 Å². The zero-order valence-electron chi connectivity index (χ0n) is 12.3. The number of halogens is 1. The topological polar surface area (TPSA) is 30.7 Å². The van der Waals surface area contributed by atoms with Gasteiger partial charge in [-0.2, -0.15) is 5.10 Å². The molecule has 1 aromatic carbocycles. The molecule has 2 aromatic heterocycles. The molecule has 0 radical (unpaired) electrons. The predicted octanol–water partition coefficient (Wildman–Crippen LogP) is 4.28. The monoisotopic (exact) mass is 299 g/mol. The van der Waals surface area contributed by atoms with Gasteiger partial charge < -0.3 is 0 Å². The van der Waals surface area contributed by atoms with Gasteiger partial charge in [0.2, 0.25) is 0 Å². The average molecular weight is 300 g/mol. The van der Waals surface area contributed by atoms with E-state index in [-0.39, 0.29) is 0 Å². The van der Waals surface area contributed by atoms with Gasteiger partial charge in [0.1, 0.15) is 0 Å². The summed E-state index contributed by atoms with van der Waals surface area (Å²) >= 11 is 6.00. The molecule has 0 spiro atoms. The van der Waals surface area contributed by atoms with E-state index in [1.807, 2.05) is 28.9 Å². The van der Waals surface area contributed by atoms with Gasteiger partial charge in [0, 0.05) is 11.1 Å². The number of hydrogen-bond donors (Lipinski definition) is 0. The van der Waals surface area contributed by atoms with Gasteiger partial charge in [-0.15, -0.1) is 11.6 Å². The van der Waals surface area contributed by atoms with E-state index < -0.39 is 0 Å². The van der Waals surface area contributed by atoms with E-state index in [9.17, 15) is 0 Å². The number of aryl methyl sites for hydroxylation is 2. The fraction of sp³-hybridized carbons (Fsp3) is 0.294. The Kier molecular flexibility index (Phi) is 3.93. The Labute approximate surface area is 129 Å². The molecule has 2 heterocycles. The second-order valence-electron chi connectivity index (χ2n) is 5.03. The van der Waals surface area contributed by atoms with Crippen LogP contribution in [0.3, 0.4) is 0 Å². The van der Waals surface area contributed by atoms with Crippen LogP contribution in [0.25, 0.3) is 16.6 Å². The highest BCUT2D eigenvalue weighted by Gasteiger charge is 2.12. The van der Waals surface area contributed by atoms with Crippen LogP contribution in [0.5, 0.6) is 0 Å². The van der Waals surface area contributed by atoms with Crippen molar-refractivity contribution in [3.63, 3.8) is 0 Å². The molecule has 0 fully saturated rings. The highest BCUT2D eigenvalue weighted by Crippen LogP contribution is 2.24. The van der Waals surface area contributed by atoms with Crippen LogP contribution in [0.2, 0.25) is 0 Å². The summed E-state index contributed by atoms with van der Waals surface area (Å²) in [4.78, 5) is 4.59. The molecular weight excluding hydrogens is 282 g/mol. The van der Waals surface area contributed by atoms with Gasteiger partial charge in [0.15, 0.2) is 0 Å². The molecule has 3 rings (SSSR count). The van der Waals surface area contributed by atoms with Gasteiger partial charge >= 0.3 is 0 Å². The summed E-state index contributed by atoms with van der Waals surface area (Å²) in [5.41, 5.74) is 5.22. The number of alkyl halides is 1. The highest BCUT2D eigenvalue weighted by molar-refractivity contribution is 6.17. The third-order valence-electron chi connectivity index (χ3n) is 3.67. The first-order chi connectivity index (χ1) is 10.3. The Morgan fingerprint density at radius 2 is 1.86 bits per heavy atom. The summed E-state index contributed by atoms with van der Waals surface area (Å²) < 4.78 is 2.04. The summed E-state index contributed by atoms with van der Waals surface area (Å²) in [7, 11) is 0. The predicted molar refractivity (Wildman–Crippen MR) is 87.2 cm³/mol. The van der Waals surface area contributed by atoms with Gasteiger partial charge in [0.05, 0.1) is 28.5 Å². The third kappa shape index (κ3) is 2.54. The molecule has 0 aliphatic rings. The molecule has 0 saturated heterocycles. The molecule has 108 valence electrons. The molecule has 0 aliphatic carbocycles. The fourth-order valence-electron chi connectivity index (χ4n) is 2.56. The van der Waals surface area contributed by atoms with E-state index in [0.29, 0.717) is 5.88 Å². The number of hydrogen-bond acceptors (Lipinski definition) is 2. The summed E-state index contributed by atoms with van der Waals surface area (Å²) in [6.07, 6.45) is 1.88. The number of rotatable bonds is 4. The smallest absolute Gasteiger partial charge is 0.0761 e. The fourth-order valence-corrected chi connectivity index (χ4v) is 2.70. The van der Waals surface area contributed by atoms with Crippen LogP contribution in [0.15, 0.2) is 36.4 Å². The standard InChI is InChI=1S/C17H18ClN3/c1-3-12-9-14(4-2)21(20-12)17-10-13(11-18)19-16-8-6-5-7-15(16)17/h5-10H,3-4,11H2,1-2H3. The van der Waals surface area contributed by atoms with Crippen LogP contribution in [-0.4, -0.2) is 14.8 Å². The van der Waals surface area contributed by atoms with Crippen LogP contribution in [-0.2, 0) is 18.7 Å². The molecule has 0 amide bonds. The van der Waals surface area contributed by atoms with Crippen molar-refractivity contribution < 1.29 is 0 Å². The van der Waals surface area contributed by atoms with Crippen molar-refractivity contribution in [2.24, 2.45) is 0 Å². The zero-order valence-corrected chi connectivity index (χ0v) is 13.1. The molecule has 0 atom stereocenters. The van der Waals surface area contributed by atoms with Crippen molar-refractivity contribution >= 4 is 22.5 Å². The summed E-state index contributed by atoms with van der Waals surface area (Å²) in [6.45, 7) is 4.28. The second kappa shape index (κ2) is 5.86. The minimum absolute atomic E-state index is 0.404.